The summed E-state index contributed by atoms with van der Waals surface area (Å²) in [4.78, 5) is 2.37. The van der Waals surface area contributed by atoms with Crippen LogP contribution in [0.1, 0.15) is 6.42 Å². The van der Waals surface area contributed by atoms with E-state index >= 15 is 0 Å². The molecule has 0 saturated carbocycles. The number of hydrogen-bond donors (Lipinski definition) is 0. The third kappa shape index (κ3) is 1.57. The lowest BCUT2D eigenvalue weighted by Crippen LogP contribution is -2.13. The fraction of sp³-hybridized carbons (Fsp3) is 1.00. The van der Waals surface area contributed by atoms with Crippen LogP contribution >= 0.6 is 22.6 Å². The van der Waals surface area contributed by atoms with Gasteiger partial charge in [0.1, 0.15) is 0 Å². The third-order valence-electron chi connectivity index (χ3n) is 1.33. The summed E-state index contributed by atoms with van der Waals surface area (Å²) < 4.78 is 0.919. The summed E-state index contributed by atoms with van der Waals surface area (Å²) in [6, 6.07) is 0. The lowest BCUT2D eigenvalue weighted by Gasteiger charge is -2.02. The molecule has 1 rings (SSSR count). The maximum Gasteiger partial charge on any atom is 0.0249 e. The zero-order chi connectivity index (χ0) is 5.28. The van der Waals surface area contributed by atoms with Gasteiger partial charge in [-0.25, -0.2) is 0 Å². The van der Waals surface area contributed by atoms with Crippen molar-refractivity contribution in [2.45, 2.75) is 10.3 Å². The van der Waals surface area contributed by atoms with Gasteiger partial charge in [0.2, 0.25) is 0 Å². The number of halogens is 1. The Kier molecular flexibility index (Phi) is 1.92. The first-order valence-electron chi connectivity index (χ1n) is 2.61. The molecule has 0 aromatic carbocycles. The summed E-state index contributed by atoms with van der Waals surface area (Å²) in [6.07, 6.45) is 1.39. The molecule has 1 atom stereocenters. The highest BCUT2D eigenvalue weighted by molar-refractivity contribution is 14.1. The number of likely N-dealkylation sites (tertiary alicyclic amines) is 1. The van der Waals surface area contributed by atoms with Gasteiger partial charge < -0.3 is 4.90 Å². The monoisotopic (exact) mass is 211 g/mol. The molecule has 0 amide bonds. The molecule has 1 aliphatic rings. The molecule has 7 heavy (non-hydrogen) atoms. The van der Waals surface area contributed by atoms with Gasteiger partial charge in [0, 0.05) is 10.5 Å². The highest BCUT2D eigenvalue weighted by Crippen LogP contribution is 2.14. The van der Waals surface area contributed by atoms with Crippen LogP contribution in [0.2, 0.25) is 0 Å². The lowest BCUT2D eigenvalue weighted by atomic mass is 10.4. The average Bonchev–Trinajstić information content (AvgIpc) is 1.87. The van der Waals surface area contributed by atoms with Crippen LogP contribution in [0.25, 0.3) is 0 Å². The van der Waals surface area contributed by atoms with Crippen LogP contribution in [0.5, 0.6) is 0 Å². The Morgan fingerprint density at radius 3 is 2.57 bits per heavy atom. The minimum atomic E-state index is 0.919. The van der Waals surface area contributed by atoms with E-state index in [9.17, 15) is 0 Å². The maximum absolute atomic E-state index is 2.51. The second-order valence-electron chi connectivity index (χ2n) is 2.15. The van der Waals surface area contributed by atoms with E-state index in [-0.39, 0.29) is 0 Å². The van der Waals surface area contributed by atoms with Crippen molar-refractivity contribution in [3.05, 3.63) is 0 Å². The van der Waals surface area contributed by atoms with Gasteiger partial charge >= 0.3 is 0 Å². The van der Waals surface area contributed by atoms with E-state index < -0.39 is 0 Å². The Morgan fingerprint density at radius 2 is 2.43 bits per heavy atom. The van der Waals surface area contributed by atoms with Crippen molar-refractivity contribution in [3.63, 3.8) is 0 Å². The van der Waals surface area contributed by atoms with Crippen LogP contribution in [0.4, 0.5) is 0 Å². The van der Waals surface area contributed by atoms with E-state index in [0.717, 1.165) is 3.92 Å². The molecule has 0 spiro atoms. The fourth-order valence-corrected chi connectivity index (χ4v) is 1.83. The summed E-state index contributed by atoms with van der Waals surface area (Å²) in [5.41, 5.74) is 0. The molecule has 1 unspecified atom stereocenters. The van der Waals surface area contributed by atoms with Gasteiger partial charge in [-0.2, -0.15) is 0 Å². The molecule has 2 heteroatoms. The molecule has 1 heterocycles. The Labute approximate surface area is 58.2 Å². The van der Waals surface area contributed by atoms with E-state index in [1.54, 1.807) is 0 Å². The molecule has 42 valence electrons. The highest BCUT2D eigenvalue weighted by atomic mass is 127. The Hall–Kier alpha value is 0.690. The standard InChI is InChI=1S/C5H10IN/c1-7-3-2-5(6)4-7/h5H,2-4H2,1H3. The van der Waals surface area contributed by atoms with Crippen LogP contribution < -0.4 is 0 Å². The lowest BCUT2D eigenvalue weighted by molar-refractivity contribution is 0.420. The van der Waals surface area contributed by atoms with Gasteiger partial charge in [-0.1, -0.05) is 22.6 Å². The van der Waals surface area contributed by atoms with E-state index in [4.69, 9.17) is 0 Å². The quantitative estimate of drug-likeness (QED) is 0.428. The van der Waals surface area contributed by atoms with Crippen LogP contribution in [-0.4, -0.2) is 29.0 Å². The first-order chi connectivity index (χ1) is 3.29. The molecular formula is C5H10IN. The summed E-state index contributed by atoms with van der Waals surface area (Å²) in [7, 11) is 2.18. The minimum Gasteiger partial charge on any atom is -0.305 e. The topological polar surface area (TPSA) is 3.24 Å². The number of rotatable bonds is 0. The van der Waals surface area contributed by atoms with E-state index in [1.165, 1.54) is 19.5 Å². The van der Waals surface area contributed by atoms with Crippen molar-refractivity contribution in [2.24, 2.45) is 0 Å². The second-order valence-corrected chi connectivity index (χ2v) is 3.91. The second kappa shape index (κ2) is 2.31. The molecule has 0 aromatic heterocycles. The summed E-state index contributed by atoms with van der Waals surface area (Å²) >= 11 is 2.51. The summed E-state index contributed by atoms with van der Waals surface area (Å²) in [5.74, 6) is 0. The Bertz CT molecular complexity index is 57.1. The Balaban J connectivity index is 2.26. The van der Waals surface area contributed by atoms with Gasteiger partial charge in [-0.15, -0.1) is 0 Å². The maximum atomic E-state index is 2.51. The highest BCUT2D eigenvalue weighted by Gasteiger charge is 2.14. The van der Waals surface area contributed by atoms with Crippen LogP contribution in [0.15, 0.2) is 0 Å². The first-order valence-corrected chi connectivity index (χ1v) is 3.86. The van der Waals surface area contributed by atoms with Crippen molar-refractivity contribution in [2.75, 3.05) is 20.1 Å². The predicted octanol–water partition coefficient (Wildman–Crippen LogP) is 1.13. The third-order valence-corrected chi connectivity index (χ3v) is 2.35. The van der Waals surface area contributed by atoms with Crippen molar-refractivity contribution in [1.82, 2.24) is 4.90 Å². The SMILES string of the molecule is CN1CCC(I)C1. The molecule has 1 nitrogen and oxygen atoms in total. The molecule has 0 bridgehead atoms. The zero-order valence-electron chi connectivity index (χ0n) is 4.52. The first kappa shape index (κ1) is 5.82. The van der Waals surface area contributed by atoms with Gasteiger partial charge in [0.25, 0.3) is 0 Å². The molecule has 0 aliphatic carbocycles. The van der Waals surface area contributed by atoms with Crippen LogP contribution in [0.3, 0.4) is 0 Å². The normalized spacial score (nSPS) is 34.3. The largest absolute Gasteiger partial charge is 0.305 e. The van der Waals surface area contributed by atoms with Crippen molar-refractivity contribution >= 4 is 22.6 Å². The number of alkyl halides is 1. The van der Waals surface area contributed by atoms with E-state index in [1.807, 2.05) is 0 Å². The minimum absolute atomic E-state index is 0.919. The molecule has 0 N–H and O–H groups in total. The zero-order valence-corrected chi connectivity index (χ0v) is 6.68. The van der Waals surface area contributed by atoms with Crippen molar-refractivity contribution < 1.29 is 0 Å². The molecule has 0 radical (unpaired) electrons. The number of hydrogen-bond acceptors (Lipinski definition) is 1. The fourth-order valence-electron chi connectivity index (χ4n) is 0.881. The smallest absolute Gasteiger partial charge is 0.0249 e. The van der Waals surface area contributed by atoms with Gasteiger partial charge in [-0.3, -0.25) is 0 Å². The predicted molar refractivity (Wildman–Crippen MR) is 39.9 cm³/mol. The van der Waals surface area contributed by atoms with Gasteiger partial charge in [0.05, 0.1) is 0 Å². The van der Waals surface area contributed by atoms with Crippen LogP contribution in [0, 0.1) is 0 Å². The average molecular weight is 211 g/mol. The molecule has 0 aromatic rings. The van der Waals surface area contributed by atoms with Crippen molar-refractivity contribution in [3.8, 4) is 0 Å². The van der Waals surface area contributed by atoms with Crippen LogP contribution in [-0.2, 0) is 0 Å². The molecule has 1 aliphatic heterocycles. The molecule has 1 fully saturated rings. The van der Waals surface area contributed by atoms with Crippen molar-refractivity contribution in [1.29, 1.82) is 0 Å². The Morgan fingerprint density at radius 1 is 1.71 bits per heavy atom. The summed E-state index contributed by atoms with van der Waals surface area (Å²) in [6.45, 7) is 2.59. The number of nitrogens with zero attached hydrogens (tertiary/aromatic N) is 1. The van der Waals surface area contributed by atoms with Gasteiger partial charge in [0.15, 0.2) is 0 Å². The van der Waals surface area contributed by atoms with E-state index in [0.29, 0.717) is 0 Å². The molecular weight excluding hydrogens is 201 g/mol. The summed E-state index contributed by atoms with van der Waals surface area (Å²) in [5, 5.41) is 0. The molecule has 1 saturated heterocycles. The van der Waals surface area contributed by atoms with Gasteiger partial charge in [-0.05, 0) is 20.0 Å². The van der Waals surface area contributed by atoms with E-state index in [2.05, 4.69) is 34.5 Å².